The number of carbonyl (C=O) groups excluding carboxylic acids is 1. The summed E-state index contributed by atoms with van der Waals surface area (Å²) in [5.41, 5.74) is -0.457. The molecular weight excluding hydrogens is 204 g/mol. The number of nitrogens with one attached hydrogen (secondary N) is 2. The third-order valence-corrected chi connectivity index (χ3v) is 4.58. The average Bonchev–Trinajstić information content (AvgIpc) is 2.36. The Kier molecular flexibility index (Phi) is 2.08. The smallest absolute Gasteiger partial charge is 0.238 e. The van der Waals surface area contributed by atoms with Gasteiger partial charge in [-0.15, -0.1) is 0 Å². The molecule has 14 heavy (non-hydrogen) atoms. The number of rotatable bonds is 0. The third kappa shape index (κ3) is 1.64. The number of carbonyl (C=O) groups is 1. The van der Waals surface area contributed by atoms with E-state index in [0.29, 0.717) is 12.8 Å². The topological polar surface area (TPSA) is 75.3 Å². The van der Waals surface area contributed by atoms with E-state index in [-0.39, 0.29) is 23.5 Å². The number of hydrogen-bond donors (Lipinski definition) is 2. The molecule has 0 aromatic carbocycles. The van der Waals surface area contributed by atoms with Gasteiger partial charge in [0, 0.05) is 0 Å². The lowest BCUT2D eigenvalue weighted by Crippen LogP contribution is -2.55. The van der Waals surface area contributed by atoms with Crippen LogP contribution in [-0.2, 0) is 14.6 Å². The van der Waals surface area contributed by atoms with E-state index < -0.39 is 15.5 Å². The zero-order valence-corrected chi connectivity index (χ0v) is 8.86. The Labute approximate surface area is 83.2 Å². The third-order valence-electron chi connectivity index (χ3n) is 2.93. The van der Waals surface area contributed by atoms with E-state index >= 15 is 0 Å². The van der Waals surface area contributed by atoms with Crippen LogP contribution in [-0.4, -0.2) is 37.5 Å². The van der Waals surface area contributed by atoms with Crippen molar-refractivity contribution in [1.29, 1.82) is 0 Å². The minimum absolute atomic E-state index is 0.0377. The normalized spacial score (nSPS) is 34.4. The van der Waals surface area contributed by atoms with Crippen LogP contribution in [0.2, 0.25) is 0 Å². The number of amides is 1. The first-order valence-electron chi connectivity index (χ1n) is 4.73. The van der Waals surface area contributed by atoms with Crippen LogP contribution >= 0.6 is 0 Å². The Morgan fingerprint density at radius 1 is 1.36 bits per heavy atom. The lowest BCUT2D eigenvalue weighted by molar-refractivity contribution is -0.120. The van der Waals surface area contributed by atoms with Gasteiger partial charge in [-0.1, -0.05) is 0 Å². The second kappa shape index (κ2) is 2.93. The van der Waals surface area contributed by atoms with Gasteiger partial charge in [0.1, 0.15) is 0 Å². The fraction of sp³-hybridized carbons (Fsp3) is 0.875. The van der Waals surface area contributed by atoms with Gasteiger partial charge in [0.25, 0.3) is 0 Å². The molecule has 0 bridgehead atoms. The van der Waals surface area contributed by atoms with Gasteiger partial charge in [0.05, 0.1) is 23.2 Å². The van der Waals surface area contributed by atoms with Crippen molar-refractivity contribution < 1.29 is 13.2 Å². The number of sulfone groups is 1. The van der Waals surface area contributed by atoms with Crippen molar-refractivity contribution in [2.24, 2.45) is 0 Å². The molecule has 2 saturated heterocycles. The second-order valence-electron chi connectivity index (χ2n) is 4.09. The molecule has 0 radical (unpaired) electrons. The van der Waals surface area contributed by atoms with Crippen molar-refractivity contribution in [3.63, 3.8) is 0 Å². The molecule has 0 aliphatic carbocycles. The highest BCUT2D eigenvalue weighted by Crippen LogP contribution is 2.25. The standard InChI is InChI=1S/C8H14N2O3S/c1-6-7(11)10-8(9-6)2-4-14(12,13)5-3-8/h6,9H,2-5H2,1H3,(H,10,11). The Balaban J connectivity index is 2.11. The van der Waals surface area contributed by atoms with Crippen LogP contribution < -0.4 is 10.6 Å². The summed E-state index contributed by atoms with van der Waals surface area (Å²) >= 11 is 0. The molecule has 6 heteroatoms. The van der Waals surface area contributed by atoms with Crippen LogP contribution in [0.25, 0.3) is 0 Å². The van der Waals surface area contributed by atoms with Crippen molar-refractivity contribution in [3.05, 3.63) is 0 Å². The van der Waals surface area contributed by atoms with Crippen molar-refractivity contribution in [3.8, 4) is 0 Å². The van der Waals surface area contributed by atoms with Gasteiger partial charge < -0.3 is 5.32 Å². The van der Waals surface area contributed by atoms with E-state index in [1.807, 2.05) is 0 Å². The molecule has 2 N–H and O–H groups in total. The Hall–Kier alpha value is -0.620. The van der Waals surface area contributed by atoms with Crippen molar-refractivity contribution in [2.45, 2.75) is 31.5 Å². The molecule has 2 heterocycles. The minimum Gasteiger partial charge on any atom is -0.337 e. The molecule has 2 aliphatic rings. The molecule has 2 rings (SSSR count). The van der Waals surface area contributed by atoms with E-state index in [0.717, 1.165) is 0 Å². The summed E-state index contributed by atoms with van der Waals surface area (Å²) < 4.78 is 22.4. The molecule has 1 unspecified atom stereocenters. The molecule has 0 saturated carbocycles. The molecule has 1 atom stereocenters. The first kappa shape index (κ1) is 9.92. The van der Waals surface area contributed by atoms with E-state index in [9.17, 15) is 13.2 Å². The van der Waals surface area contributed by atoms with Crippen LogP contribution in [0.5, 0.6) is 0 Å². The predicted octanol–water partition coefficient (Wildman–Crippen LogP) is -1.00. The van der Waals surface area contributed by atoms with Gasteiger partial charge in [0.15, 0.2) is 9.84 Å². The van der Waals surface area contributed by atoms with E-state index in [1.165, 1.54) is 0 Å². The fourth-order valence-corrected chi connectivity index (χ4v) is 3.54. The van der Waals surface area contributed by atoms with Gasteiger partial charge >= 0.3 is 0 Å². The summed E-state index contributed by atoms with van der Waals surface area (Å²) in [6.45, 7) is 1.78. The molecule has 5 nitrogen and oxygen atoms in total. The highest BCUT2D eigenvalue weighted by molar-refractivity contribution is 7.91. The van der Waals surface area contributed by atoms with Gasteiger partial charge in [-0.25, -0.2) is 8.42 Å². The van der Waals surface area contributed by atoms with Crippen molar-refractivity contribution >= 4 is 15.7 Å². The van der Waals surface area contributed by atoms with Crippen LogP contribution in [0, 0.1) is 0 Å². The van der Waals surface area contributed by atoms with Crippen LogP contribution in [0.4, 0.5) is 0 Å². The summed E-state index contributed by atoms with van der Waals surface area (Å²) in [5, 5.41) is 5.97. The zero-order chi connectivity index (χ0) is 10.4. The van der Waals surface area contributed by atoms with E-state index in [4.69, 9.17) is 0 Å². The summed E-state index contributed by atoms with van der Waals surface area (Å²) in [6.07, 6.45) is 0.955. The van der Waals surface area contributed by atoms with Crippen molar-refractivity contribution in [1.82, 2.24) is 10.6 Å². The Morgan fingerprint density at radius 2 is 1.93 bits per heavy atom. The maximum atomic E-state index is 11.3. The summed E-state index contributed by atoms with van der Waals surface area (Å²) in [6, 6.07) is -0.212. The summed E-state index contributed by atoms with van der Waals surface area (Å²) in [7, 11) is -2.87. The van der Waals surface area contributed by atoms with Crippen molar-refractivity contribution in [2.75, 3.05) is 11.5 Å². The van der Waals surface area contributed by atoms with E-state index in [2.05, 4.69) is 10.6 Å². The summed E-state index contributed by atoms with van der Waals surface area (Å²) in [4.78, 5) is 11.3. The highest BCUT2D eigenvalue weighted by Gasteiger charge is 2.44. The average molecular weight is 218 g/mol. The molecule has 0 aromatic heterocycles. The lowest BCUT2D eigenvalue weighted by atomic mass is 10.1. The SMILES string of the molecule is CC1NC2(CCS(=O)(=O)CC2)NC1=O. The van der Waals surface area contributed by atoms with Crippen LogP contribution in [0.1, 0.15) is 19.8 Å². The molecule has 80 valence electrons. The predicted molar refractivity (Wildman–Crippen MR) is 51.4 cm³/mol. The van der Waals surface area contributed by atoms with Gasteiger partial charge in [-0.3, -0.25) is 10.1 Å². The largest absolute Gasteiger partial charge is 0.337 e. The Bertz CT molecular complexity index is 349. The van der Waals surface area contributed by atoms with Crippen LogP contribution in [0.15, 0.2) is 0 Å². The van der Waals surface area contributed by atoms with Gasteiger partial charge in [-0.05, 0) is 19.8 Å². The Morgan fingerprint density at radius 3 is 2.36 bits per heavy atom. The monoisotopic (exact) mass is 218 g/mol. The molecule has 1 amide bonds. The van der Waals surface area contributed by atoms with E-state index in [1.54, 1.807) is 6.92 Å². The second-order valence-corrected chi connectivity index (χ2v) is 6.39. The highest BCUT2D eigenvalue weighted by atomic mass is 32.2. The zero-order valence-electron chi connectivity index (χ0n) is 8.04. The lowest BCUT2D eigenvalue weighted by Gasteiger charge is -2.33. The maximum Gasteiger partial charge on any atom is 0.238 e. The molecular formula is C8H14N2O3S. The first-order chi connectivity index (χ1) is 6.43. The minimum atomic E-state index is -2.87. The van der Waals surface area contributed by atoms with Crippen LogP contribution in [0.3, 0.4) is 0 Å². The molecule has 2 aliphatic heterocycles. The molecule has 1 spiro atoms. The van der Waals surface area contributed by atoms with Gasteiger partial charge in [0.2, 0.25) is 5.91 Å². The molecule has 2 fully saturated rings. The first-order valence-corrected chi connectivity index (χ1v) is 6.55. The maximum absolute atomic E-state index is 11.3. The number of hydrogen-bond acceptors (Lipinski definition) is 4. The fourth-order valence-electron chi connectivity index (χ4n) is 2.02. The van der Waals surface area contributed by atoms with Gasteiger partial charge in [-0.2, -0.15) is 0 Å². The quantitative estimate of drug-likeness (QED) is 0.547. The summed E-state index contributed by atoms with van der Waals surface area (Å²) in [5.74, 6) is 0.282. The molecule has 0 aromatic rings.